The Kier molecular flexibility index (Phi) is 5.06. The van der Waals surface area contributed by atoms with Crippen molar-refractivity contribution in [2.24, 2.45) is 0 Å². The van der Waals surface area contributed by atoms with Crippen LogP contribution in [0.5, 0.6) is 5.88 Å². The highest BCUT2D eigenvalue weighted by Crippen LogP contribution is 2.12. The van der Waals surface area contributed by atoms with Crippen molar-refractivity contribution >= 4 is 17.6 Å². The van der Waals surface area contributed by atoms with Gasteiger partial charge in [-0.15, -0.1) is 16.4 Å². The predicted octanol–water partition coefficient (Wildman–Crippen LogP) is 3.11. The van der Waals surface area contributed by atoms with Gasteiger partial charge in [0.1, 0.15) is 17.9 Å². The number of aldehydes is 1. The molecule has 3 aromatic rings. The first-order chi connectivity index (χ1) is 11.3. The summed E-state index contributed by atoms with van der Waals surface area (Å²) in [5, 5.41) is 11.1. The molecule has 0 atom stereocenters. The van der Waals surface area contributed by atoms with Crippen LogP contribution in [0.4, 0.5) is 0 Å². The monoisotopic (exact) mass is 325 g/mol. The molecule has 23 heavy (non-hydrogen) atoms. The molecule has 116 valence electrons. The lowest BCUT2D eigenvalue weighted by atomic mass is 10.1. The van der Waals surface area contributed by atoms with Crippen molar-refractivity contribution in [2.75, 3.05) is 0 Å². The third-order valence-electron chi connectivity index (χ3n) is 3.31. The van der Waals surface area contributed by atoms with E-state index >= 15 is 0 Å². The summed E-state index contributed by atoms with van der Waals surface area (Å²) in [6.07, 6.45) is 4.24. The third-order valence-corrected chi connectivity index (χ3v) is 4.06. The minimum absolute atomic E-state index is 0.411. The number of rotatable bonds is 7. The van der Waals surface area contributed by atoms with E-state index in [2.05, 4.69) is 15.2 Å². The van der Waals surface area contributed by atoms with Gasteiger partial charge in [-0.2, -0.15) is 5.10 Å². The minimum Gasteiger partial charge on any atom is -0.469 e. The summed E-state index contributed by atoms with van der Waals surface area (Å²) in [5.41, 5.74) is 2.77. The predicted molar refractivity (Wildman–Crippen MR) is 87.7 cm³/mol. The number of thiazole rings is 1. The van der Waals surface area contributed by atoms with Crippen LogP contribution in [0.2, 0.25) is 0 Å². The maximum atomic E-state index is 10.6. The number of hydrogen-bond donors (Lipinski definition) is 0. The second kappa shape index (κ2) is 7.60. The molecular formula is C17H15N3O2S. The van der Waals surface area contributed by atoms with E-state index in [0.717, 1.165) is 29.8 Å². The Labute approximate surface area is 138 Å². The summed E-state index contributed by atoms with van der Waals surface area (Å²) < 4.78 is 5.53. The maximum Gasteiger partial charge on any atom is 0.233 e. The zero-order valence-corrected chi connectivity index (χ0v) is 13.2. The molecule has 0 spiro atoms. The molecule has 0 unspecified atom stereocenters. The molecule has 0 radical (unpaired) electrons. The first-order valence-corrected chi connectivity index (χ1v) is 8.09. The van der Waals surface area contributed by atoms with Gasteiger partial charge in [0.25, 0.3) is 0 Å². The fourth-order valence-electron chi connectivity index (χ4n) is 2.05. The fourth-order valence-corrected chi connectivity index (χ4v) is 2.58. The first-order valence-electron chi connectivity index (χ1n) is 7.21. The van der Waals surface area contributed by atoms with Crippen LogP contribution in [-0.2, 0) is 19.4 Å². The summed E-state index contributed by atoms with van der Waals surface area (Å²) >= 11 is 1.55. The van der Waals surface area contributed by atoms with Crippen LogP contribution in [-0.4, -0.2) is 21.5 Å². The molecule has 0 saturated heterocycles. The van der Waals surface area contributed by atoms with E-state index in [0.29, 0.717) is 18.1 Å². The fraction of sp³-hybridized carbons (Fsp3) is 0.176. The first kappa shape index (κ1) is 15.3. The van der Waals surface area contributed by atoms with Gasteiger partial charge in [-0.25, -0.2) is 4.98 Å². The lowest BCUT2D eigenvalue weighted by Crippen LogP contribution is -2.01. The highest BCUT2D eigenvalue weighted by molar-refractivity contribution is 7.09. The summed E-state index contributed by atoms with van der Waals surface area (Å²) in [7, 11) is 0. The average molecular weight is 325 g/mol. The van der Waals surface area contributed by atoms with Crippen molar-refractivity contribution in [3.05, 3.63) is 69.8 Å². The Morgan fingerprint density at radius 2 is 1.91 bits per heavy atom. The second-order valence-electron chi connectivity index (χ2n) is 4.94. The maximum absolute atomic E-state index is 10.6. The number of aromatic nitrogens is 3. The van der Waals surface area contributed by atoms with E-state index in [1.807, 2.05) is 41.8 Å². The van der Waals surface area contributed by atoms with E-state index in [1.165, 1.54) is 5.56 Å². The van der Waals surface area contributed by atoms with Crippen molar-refractivity contribution in [2.45, 2.75) is 19.4 Å². The van der Waals surface area contributed by atoms with E-state index in [4.69, 9.17) is 4.74 Å². The summed E-state index contributed by atoms with van der Waals surface area (Å²) in [6, 6.07) is 11.3. The van der Waals surface area contributed by atoms with Crippen molar-refractivity contribution < 1.29 is 9.53 Å². The van der Waals surface area contributed by atoms with Gasteiger partial charge >= 0.3 is 0 Å². The number of benzene rings is 1. The van der Waals surface area contributed by atoms with Crippen LogP contribution in [0.3, 0.4) is 0 Å². The molecule has 2 heterocycles. The van der Waals surface area contributed by atoms with Crippen LogP contribution in [0, 0.1) is 0 Å². The van der Waals surface area contributed by atoms with Gasteiger partial charge in [-0.3, -0.25) is 4.79 Å². The molecule has 1 aromatic carbocycles. The SMILES string of the molecule is O=Cc1ccc(CCc2ccc(OCc3nccs3)nn2)cc1. The zero-order valence-electron chi connectivity index (χ0n) is 12.4. The van der Waals surface area contributed by atoms with E-state index in [1.54, 1.807) is 17.5 Å². The molecule has 0 aliphatic carbocycles. The average Bonchev–Trinajstić information content (AvgIpc) is 3.13. The van der Waals surface area contributed by atoms with E-state index in [-0.39, 0.29) is 0 Å². The molecule has 0 N–H and O–H groups in total. The number of ether oxygens (including phenoxy) is 1. The van der Waals surface area contributed by atoms with E-state index in [9.17, 15) is 4.79 Å². The lowest BCUT2D eigenvalue weighted by molar-refractivity contribution is 0.112. The van der Waals surface area contributed by atoms with Crippen LogP contribution < -0.4 is 4.74 Å². The van der Waals surface area contributed by atoms with Crippen LogP contribution in [0.15, 0.2) is 48.0 Å². The van der Waals surface area contributed by atoms with Gasteiger partial charge in [0.05, 0.1) is 5.69 Å². The number of nitrogens with zero attached hydrogens (tertiary/aromatic N) is 3. The van der Waals surface area contributed by atoms with Gasteiger partial charge in [-0.1, -0.05) is 24.3 Å². The Bertz CT molecular complexity index is 741. The van der Waals surface area contributed by atoms with E-state index < -0.39 is 0 Å². The third kappa shape index (κ3) is 4.43. The van der Waals surface area contributed by atoms with Crippen molar-refractivity contribution in [1.29, 1.82) is 0 Å². The van der Waals surface area contributed by atoms with Crippen molar-refractivity contribution in [3.8, 4) is 5.88 Å². The molecule has 5 nitrogen and oxygen atoms in total. The number of aryl methyl sites for hydroxylation is 2. The van der Waals surface area contributed by atoms with Crippen molar-refractivity contribution in [3.63, 3.8) is 0 Å². The van der Waals surface area contributed by atoms with Crippen LogP contribution in [0.25, 0.3) is 0 Å². The number of hydrogen-bond acceptors (Lipinski definition) is 6. The quantitative estimate of drug-likeness (QED) is 0.625. The molecule has 6 heteroatoms. The summed E-state index contributed by atoms with van der Waals surface area (Å²) in [6.45, 7) is 0.411. The summed E-state index contributed by atoms with van der Waals surface area (Å²) in [5.74, 6) is 0.499. The zero-order chi connectivity index (χ0) is 15.9. The molecular weight excluding hydrogens is 310 g/mol. The summed E-state index contributed by atoms with van der Waals surface area (Å²) in [4.78, 5) is 14.8. The lowest BCUT2D eigenvalue weighted by Gasteiger charge is -2.04. The molecule has 0 saturated carbocycles. The smallest absolute Gasteiger partial charge is 0.233 e. The molecule has 0 aliphatic heterocycles. The van der Waals surface area contributed by atoms with Crippen LogP contribution in [0.1, 0.15) is 26.6 Å². The number of carbonyl (C=O) groups excluding carboxylic acids is 1. The highest BCUT2D eigenvalue weighted by Gasteiger charge is 2.02. The molecule has 0 fully saturated rings. The Morgan fingerprint density at radius 3 is 2.57 bits per heavy atom. The van der Waals surface area contributed by atoms with Gasteiger partial charge in [-0.05, 0) is 24.5 Å². The standard InChI is InChI=1S/C17H15N3O2S/c21-11-14-3-1-13(2-4-14)5-6-15-7-8-16(20-19-15)22-12-17-18-9-10-23-17/h1-4,7-11H,5-6,12H2. The van der Waals surface area contributed by atoms with Gasteiger partial charge in [0, 0.05) is 23.2 Å². The molecule has 0 amide bonds. The second-order valence-corrected chi connectivity index (χ2v) is 5.92. The molecule has 3 rings (SSSR count). The number of carbonyl (C=O) groups is 1. The molecule has 2 aromatic heterocycles. The topological polar surface area (TPSA) is 65.0 Å². The Morgan fingerprint density at radius 1 is 1.04 bits per heavy atom. The molecule has 0 aliphatic rings. The molecule has 0 bridgehead atoms. The Hall–Kier alpha value is -2.60. The minimum atomic E-state index is 0.411. The highest BCUT2D eigenvalue weighted by atomic mass is 32.1. The van der Waals surface area contributed by atoms with Crippen molar-refractivity contribution in [1.82, 2.24) is 15.2 Å². The van der Waals surface area contributed by atoms with Crippen LogP contribution >= 0.6 is 11.3 Å². The van der Waals surface area contributed by atoms with Gasteiger partial charge in [0.2, 0.25) is 5.88 Å². The van der Waals surface area contributed by atoms with Gasteiger partial charge in [0.15, 0.2) is 0 Å². The normalized spacial score (nSPS) is 10.4. The Balaban J connectivity index is 1.51. The van der Waals surface area contributed by atoms with Gasteiger partial charge < -0.3 is 4.74 Å². The largest absolute Gasteiger partial charge is 0.469 e.